The predicted octanol–water partition coefficient (Wildman–Crippen LogP) is 5.52. The Balaban J connectivity index is 1.23. The minimum atomic E-state index is 0.314. The van der Waals surface area contributed by atoms with Crippen LogP contribution in [0.3, 0.4) is 0 Å². The van der Waals surface area contributed by atoms with E-state index in [0.29, 0.717) is 12.0 Å². The Morgan fingerprint density at radius 2 is 1.82 bits per heavy atom. The summed E-state index contributed by atoms with van der Waals surface area (Å²) in [5.74, 6) is 4.68. The summed E-state index contributed by atoms with van der Waals surface area (Å²) in [5, 5.41) is 10.6. The zero-order chi connectivity index (χ0) is 23.2. The first-order valence-electron chi connectivity index (χ1n) is 13.3. The molecule has 7 heteroatoms. The minimum Gasteiger partial charge on any atom is -0.496 e. The van der Waals surface area contributed by atoms with Crippen LogP contribution in [0.15, 0.2) is 29.4 Å². The average Bonchev–Trinajstić information content (AvgIpc) is 3.55. The Kier molecular flexibility index (Phi) is 8.46. The van der Waals surface area contributed by atoms with Gasteiger partial charge in [-0.1, -0.05) is 49.2 Å². The maximum atomic E-state index is 6.02. The number of likely N-dealkylation sites (tertiary alicyclic amines) is 1. The lowest BCUT2D eigenvalue weighted by atomic mass is 9.91. The largest absolute Gasteiger partial charge is 0.496 e. The van der Waals surface area contributed by atoms with Crippen LogP contribution >= 0.6 is 11.8 Å². The van der Waals surface area contributed by atoms with E-state index in [2.05, 4.69) is 27.7 Å². The number of rotatable bonds is 9. The lowest BCUT2D eigenvalue weighted by Gasteiger charge is -2.32. The first kappa shape index (κ1) is 24.1. The van der Waals surface area contributed by atoms with Gasteiger partial charge in [-0.25, -0.2) is 0 Å². The fourth-order valence-corrected chi connectivity index (χ4v) is 6.98. The van der Waals surface area contributed by atoms with Crippen molar-refractivity contribution in [1.82, 2.24) is 19.7 Å². The third kappa shape index (κ3) is 5.97. The number of para-hydroxylation sites is 1. The van der Waals surface area contributed by atoms with Gasteiger partial charge in [-0.2, -0.15) is 0 Å². The van der Waals surface area contributed by atoms with E-state index in [1.165, 1.54) is 55.7 Å². The number of ether oxygens (including phenoxy) is 2. The summed E-state index contributed by atoms with van der Waals surface area (Å²) >= 11 is 1.94. The summed E-state index contributed by atoms with van der Waals surface area (Å²) in [6.07, 6.45) is 11.9. The van der Waals surface area contributed by atoms with Crippen LogP contribution in [0.5, 0.6) is 5.75 Å². The van der Waals surface area contributed by atoms with Gasteiger partial charge in [0.1, 0.15) is 11.6 Å². The fraction of sp³-hybridized carbons (Fsp3) is 0.704. The summed E-state index contributed by atoms with van der Waals surface area (Å²) in [4.78, 5) is 2.55. The van der Waals surface area contributed by atoms with E-state index >= 15 is 0 Å². The molecule has 0 N–H and O–H groups in total. The minimum absolute atomic E-state index is 0.314. The Bertz CT molecular complexity index is 900. The smallest absolute Gasteiger partial charge is 0.191 e. The Hall–Kier alpha value is -1.57. The molecular formula is C27H40N4O2S. The third-order valence-corrected chi connectivity index (χ3v) is 9.07. The van der Waals surface area contributed by atoms with Crippen molar-refractivity contribution in [3.05, 3.63) is 35.7 Å². The molecule has 0 amide bonds. The molecule has 0 radical (unpaired) electrons. The van der Waals surface area contributed by atoms with Crippen molar-refractivity contribution in [2.75, 3.05) is 32.6 Å². The zero-order valence-corrected chi connectivity index (χ0v) is 21.5. The highest BCUT2D eigenvalue weighted by Crippen LogP contribution is 2.34. The number of nitrogens with zero attached hydrogens (tertiary/aromatic N) is 4. The van der Waals surface area contributed by atoms with Crippen LogP contribution in [0.2, 0.25) is 0 Å². The quantitative estimate of drug-likeness (QED) is 0.437. The molecule has 3 heterocycles. The average molecular weight is 485 g/mol. The van der Waals surface area contributed by atoms with Crippen molar-refractivity contribution in [2.45, 2.75) is 88.1 Å². The molecule has 1 saturated carbocycles. The predicted molar refractivity (Wildman–Crippen MR) is 137 cm³/mol. The van der Waals surface area contributed by atoms with Gasteiger partial charge in [0, 0.05) is 30.4 Å². The molecule has 2 saturated heterocycles. The van der Waals surface area contributed by atoms with Gasteiger partial charge in [0.2, 0.25) is 0 Å². The molecule has 1 aliphatic carbocycles. The van der Waals surface area contributed by atoms with Gasteiger partial charge in [-0.05, 0) is 63.6 Å². The maximum Gasteiger partial charge on any atom is 0.191 e. The molecule has 6 nitrogen and oxygen atoms in total. The summed E-state index contributed by atoms with van der Waals surface area (Å²) < 4.78 is 14.0. The topological polar surface area (TPSA) is 52.4 Å². The van der Waals surface area contributed by atoms with E-state index in [1.807, 2.05) is 17.8 Å². The molecular weight excluding hydrogens is 444 g/mol. The molecule has 1 atom stereocenters. The molecule has 186 valence electrons. The number of thioether (sulfide) groups is 1. The molecule has 2 aliphatic heterocycles. The second-order valence-electron chi connectivity index (χ2n) is 10.3. The first-order valence-corrected chi connectivity index (χ1v) is 14.3. The molecule has 0 spiro atoms. The van der Waals surface area contributed by atoms with Gasteiger partial charge in [-0.3, -0.25) is 4.90 Å². The van der Waals surface area contributed by atoms with E-state index in [4.69, 9.17) is 19.7 Å². The second-order valence-corrected chi connectivity index (χ2v) is 11.3. The van der Waals surface area contributed by atoms with Crippen molar-refractivity contribution < 1.29 is 9.47 Å². The number of benzene rings is 1. The SMILES string of the molecule is COc1ccccc1CN1CCC(c2nnc(SCC3CCCCC3)n2C[C@@H]2CCCO2)CC1. The van der Waals surface area contributed by atoms with Gasteiger partial charge in [0.05, 0.1) is 19.8 Å². The van der Waals surface area contributed by atoms with Gasteiger partial charge < -0.3 is 14.0 Å². The van der Waals surface area contributed by atoms with Gasteiger partial charge >= 0.3 is 0 Å². The molecule has 0 unspecified atom stereocenters. The second kappa shape index (κ2) is 11.9. The van der Waals surface area contributed by atoms with Gasteiger partial charge in [0.25, 0.3) is 0 Å². The van der Waals surface area contributed by atoms with Gasteiger partial charge in [0.15, 0.2) is 5.16 Å². The van der Waals surface area contributed by atoms with Crippen LogP contribution in [0.4, 0.5) is 0 Å². The third-order valence-electron chi connectivity index (χ3n) is 7.87. The number of aromatic nitrogens is 3. The number of methoxy groups -OCH3 is 1. The summed E-state index contributed by atoms with van der Waals surface area (Å²) in [7, 11) is 1.76. The Labute approximate surface area is 208 Å². The standard InChI is InChI=1S/C27H40N4O2S/c1-32-25-12-6-5-10-23(25)18-30-15-13-22(14-16-30)26-28-29-27(31(26)19-24-11-7-17-33-24)34-20-21-8-3-2-4-9-21/h5-6,10,12,21-22,24H,2-4,7-9,11,13-20H2,1H3/t24-/m0/s1. The molecule has 1 aromatic carbocycles. The summed E-state index contributed by atoms with van der Waals surface area (Å²) in [5.41, 5.74) is 1.27. The summed E-state index contributed by atoms with van der Waals surface area (Å²) in [6, 6.07) is 8.38. The normalized spacial score (nSPS) is 22.9. The van der Waals surface area contributed by atoms with Crippen molar-refractivity contribution in [2.24, 2.45) is 5.92 Å². The lowest BCUT2D eigenvalue weighted by molar-refractivity contribution is 0.0931. The van der Waals surface area contributed by atoms with Crippen molar-refractivity contribution in [3.8, 4) is 5.75 Å². The zero-order valence-electron chi connectivity index (χ0n) is 20.7. The molecule has 0 bridgehead atoms. The van der Waals surface area contributed by atoms with Crippen LogP contribution < -0.4 is 4.74 Å². The molecule has 5 rings (SSSR count). The van der Waals surface area contributed by atoms with Crippen molar-refractivity contribution in [3.63, 3.8) is 0 Å². The summed E-state index contributed by atoms with van der Waals surface area (Å²) in [6.45, 7) is 4.92. The van der Waals surface area contributed by atoms with Crippen LogP contribution in [0.1, 0.15) is 75.1 Å². The van der Waals surface area contributed by atoms with E-state index in [9.17, 15) is 0 Å². The fourth-order valence-electron chi connectivity index (χ4n) is 5.84. The van der Waals surface area contributed by atoms with Crippen molar-refractivity contribution >= 4 is 11.8 Å². The van der Waals surface area contributed by atoms with Crippen LogP contribution in [0, 0.1) is 5.92 Å². The highest BCUT2D eigenvalue weighted by molar-refractivity contribution is 7.99. The molecule has 34 heavy (non-hydrogen) atoms. The highest BCUT2D eigenvalue weighted by Gasteiger charge is 2.29. The number of hydrogen-bond donors (Lipinski definition) is 0. The van der Waals surface area contributed by atoms with E-state index in [-0.39, 0.29) is 0 Å². The van der Waals surface area contributed by atoms with E-state index in [1.54, 1.807) is 7.11 Å². The molecule has 3 aliphatic rings. The molecule has 3 fully saturated rings. The van der Waals surface area contributed by atoms with E-state index < -0.39 is 0 Å². The Morgan fingerprint density at radius 1 is 1.00 bits per heavy atom. The van der Waals surface area contributed by atoms with Gasteiger partial charge in [-0.15, -0.1) is 10.2 Å². The van der Waals surface area contributed by atoms with Crippen LogP contribution in [-0.2, 0) is 17.8 Å². The monoisotopic (exact) mass is 484 g/mol. The Morgan fingerprint density at radius 3 is 2.59 bits per heavy atom. The number of hydrogen-bond acceptors (Lipinski definition) is 6. The van der Waals surface area contributed by atoms with Crippen molar-refractivity contribution in [1.29, 1.82) is 0 Å². The van der Waals surface area contributed by atoms with Crippen LogP contribution in [-0.4, -0.2) is 58.3 Å². The lowest BCUT2D eigenvalue weighted by Crippen LogP contribution is -2.33. The molecule has 1 aromatic heterocycles. The highest BCUT2D eigenvalue weighted by atomic mass is 32.2. The first-order chi connectivity index (χ1) is 16.8. The maximum absolute atomic E-state index is 6.02. The van der Waals surface area contributed by atoms with Crippen LogP contribution in [0.25, 0.3) is 0 Å². The number of piperidine rings is 1. The van der Waals surface area contributed by atoms with E-state index in [0.717, 1.165) is 68.9 Å². The molecule has 2 aromatic rings.